The minimum absolute atomic E-state index is 0.0217. The van der Waals surface area contributed by atoms with E-state index in [1.54, 1.807) is 6.20 Å². The van der Waals surface area contributed by atoms with Gasteiger partial charge in [-0.3, -0.25) is 4.79 Å². The van der Waals surface area contributed by atoms with Crippen LogP contribution in [0.1, 0.15) is 18.4 Å². The fourth-order valence-electron chi connectivity index (χ4n) is 4.21. The van der Waals surface area contributed by atoms with Gasteiger partial charge in [0.2, 0.25) is 5.75 Å². The van der Waals surface area contributed by atoms with Gasteiger partial charge in [0.15, 0.2) is 0 Å². The molecule has 5 rings (SSSR count). The van der Waals surface area contributed by atoms with Crippen LogP contribution in [0.2, 0.25) is 0 Å². The van der Waals surface area contributed by atoms with E-state index in [0.717, 1.165) is 48.8 Å². The lowest BCUT2D eigenvalue weighted by Crippen LogP contribution is -2.44. The summed E-state index contributed by atoms with van der Waals surface area (Å²) in [4.78, 5) is 15.5. The van der Waals surface area contributed by atoms with Crippen molar-refractivity contribution in [1.82, 2.24) is 15.1 Å². The van der Waals surface area contributed by atoms with Gasteiger partial charge in [0.1, 0.15) is 17.3 Å². The van der Waals surface area contributed by atoms with Gasteiger partial charge in [-0.1, -0.05) is 30.3 Å². The van der Waals surface area contributed by atoms with E-state index < -0.39 is 17.2 Å². The smallest absolute Gasteiger partial charge is 0.316 e. The van der Waals surface area contributed by atoms with Gasteiger partial charge >= 0.3 is 5.56 Å². The Morgan fingerprint density at radius 3 is 2.38 bits per heavy atom. The topological polar surface area (TPSA) is 59.4 Å². The fourth-order valence-corrected chi connectivity index (χ4v) is 4.21. The quantitative estimate of drug-likeness (QED) is 0.641. The highest BCUT2D eigenvalue weighted by Gasteiger charge is 2.45. The van der Waals surface area contributed by atoms with Crippen LogP contribution in [0.25, 0.3) is 5.69 Å². The summed E-state index contributed by atoms with van der Waals surface area (Å²) < 4.78 is 34.8. The first-order valence-corrected chi connectivity index (χ1v) is 10.8. The van der Waals surface area contributed by atoms with Gasteiger partial charge in [0, 0.05) is 37.7 Å². The van der Waals surface area contributed by atoms with E-state index in [4.69, 9.17) is 4.74 Å². The van der Waals surface area contributed by atoms with Crippen molar-refractivity contribution < 1.29 is 13.5 Å². The Hall–Kier alpha value is -3.26. The predicted octanol–water partition coefficient (Wildman–Crippen LogP) is 3.03. The number of ether oxygens (including phenoxy) is 1. The number of rotatable bonds is 6. The second-order valence-electron chi connectivity index (χ2n) is 8.38. The number of anilines is 1. The fraction of sp³-hybridized carbons (Fsp3) is 0.333. The molecular weight excluding hydrogens is 414 g/mol. The van der Waals surface area contributed by atoms with Crippen LogP contribution in [0.5, 0.6) is 5.75 Å². The average Bonchev–Trinajstić information content (AvgIpc) is 3.60. The van der Waals surface area contributed by atoms with Crippen LogP contribution in [-0.4, -0.2) is 42.6 Å². The van der Waals surface area contributed by atoms with Crippen LogP contribution in [0.4, 0.5) is 14.5 Å². The predicted molar refractivity (Wildman–Crippen MR) is 118 cm³/mol. The summed E-state index contributed by atoms with van der Waals surface area (Å²) in [5.41, 5.74) is 1.16. The molecule has 1 aliphatic heterocycles. The molecule has 2 aromatic carbocycles. The largest absolute Gasteiger partial charge is 0.485 e. The first kappa shape index (κ1) is 20.6. The van der Waals surface area contributed by atoms with Crippen LogP contribution < -0.4 is 20.5 Å². The second-order valence-corrected chi connectivity index (χ2v) is 8.38. The van der Waals surface area contributed by atoms with Crippen molar-refractivity contribution in [2.24, 2.45) is 0 Å². The number of piperazine rings is 1. The van der Waals surface area contributed by atoms with Crippen molar-refractivity contribution in [2.75, 3.05) is 37.7 Å². The molecule has 1 aromatic heterocycles. The number of benzene rings is 2. The van der Waals surface area contributed by atoms with E-state index >= 15 is 0 Å². The number of halogens is 2. The molecule has 1 saturated heterocycles. The molecule has 32 heavy (non-hydrogen) atoms. The van der Waals surface area contributed by atoms with E-state index in [1.807, 2.05) is 18.2 Å². The zero-order valence-electron chi connectivity index (χ0n) is 17.6. The van der Waals surface area contributed by atoms with Gasteiger partial charge < -0.3 is 15.0 Å². The molecule has 0 spiro atoms. The summed E-state index contributed by atoms with van der Waals surface area (Å²) >= 11 is 0. The molecule has 2 heterocycles. The monoisotopic (exact) mass is 438 g/mol. The van der Waals surface area contributed by atoms with Gasteiger partial charge in [0.25, 0.3) is 0 Å². The molecule has 2 fully saturated rings. The zero-order chi connectivity index (χ0) is 22.1. The molecule has 1 saturated carbocycles. The maximum Gasteiger partial charge on any atom is 0.316 e. The number of nitrogens with one attached hydrogen (secondary N) is 1. The summed E-state index contributed by atoms with van der Waals surface area (Å²) in [6, 6.07) is 13.1. The molecule has 0 bridgehead atoms. The van der Waals surface area contributed by atoms with E-state index in [0.29, 0.717) is 25.4 Å². The highest BCUT2D eigenvalue weighted by Crippen LogP contribution is 2.48. The second kappa shape index (κ2) is 8.35. The lowest BCUT2D eigenvalue weighted by molar-refractivity contribution is 0.272. The SMILES string of the molecule is O=c1c(OCC2(c3ccccc3)CC2)c(N2CCNCC2)cnn1-c1cc(F)cc(F)c1. The maximum absolute atomic E-state index is 13.8. The third-order valence-electron chi connectivity index (χ3n) is 6.20. The van der Waals surface area contributed by atoms with Gasteiger partial charge in [-0.05, 0) is 30.5 Å². The van der Waals surface area contributed by atoms with Gasteiger partial charge in [-0.2, -0.15) is 9.78 Å². The van der Waals surface area contributed by atoms with E-state index in [2.05, 4.69) is 27.4 Å². The third-order valence-corrected chi connectivity index (χ3v) is 6.20. The summed E-state index contributed by atoms with van der Waals surface area (Å²) in [5, 5.41) is 7.50. The highest BCUT2D eigenvalue weighted by atomic mass is 19.1. The van der Waals surface area contributed by atoms with E-state index in [1.165, 1.54) is 5.56 Å². The van der Waals surface area contributed by atoms with Crippen molar-refractivity contribution in [3.05, 3.63) is 82.3 Å². The van der Waals surface area contributed by atoms with Crippen LogP contribution in [0.15, 0.2) is 59.5 Å². The molecule has 0 atom stereocenters. The van der Waals surface area contributed by atoms with Crippen LogP contribution >= 0.6 is 0 Å². The van der Waals surface area contributed by atoms with Crippen LogP contribution in [-0.2, 0) is 5.41 Å². The molecule has 8 heteroatoms. The number of hydrogen-bond donors (Lipinski definition) is 1. The maximum atomic E-state index is 13.8. The Morgan fingerprint density at radius 2 is 1.72 bits per heavy atom. The summed E-state index contributed by atoms with van der Waals surface area (Å²) in [6.07, 6.45) is 3.51. The lowest BCUT2D eigenvalue weighted by Gasteiger charge is -2.30. The van der Waals surface area contributed by atoms with Crippen LogP contribution in [0.3, 0.4) is 0 Å². The minimum atomic E-state index is -0.775. The zero-order valence-corrected chi connectivity index (χ0v) is 17.6. The Kier molecular flexibility index (Phi) is 5.38. The molecule has 3 aromatic rings. The molecule has 0 amide bonds. The molecule has 6 nitrogen and oxygen atoms in total. The van der Waals surface area contributed by atoms with Crippen molar-refractivity contribution in [3.8, 4) is 11.4 Å². The summed E-state index contributed by atoms with van der Waals surface area (Å²) in [6.45, 7) is 3.34. The Morgan fingerprint density at radius 1 is 1.03 bits per heavy atom. The normalized spacial score (nSPS) is 17.2. The standard InChI is InChI=1S/C24H24F2N4O2/c25-18-12-19(26)14-20(13-18)30-23(31)22(21(15-28-30)29-10-8-27-9-11-29)32-16-24(6-7-24)17-4-2-1-3-5-17/h1-5,12-15,27H,6-11,16H2. The molecule has 0 unspecified atom stereocenters. The highest BCUT2D eigenvalue weighted by molar-refractivity contribution is 5.57. The third kappa shape index (κ3) is 3.98. The molecule has 0 radical (unpaired) electrons. The number of aromatic nitrogens is 2. The first-order chi connectivity index (χ1) is 15.6. The van der Waals surface area contributed by atoms with Crippen molar-refractivity contribution >= 4 is 5.69 Å². The van der Waals surface area contributed by atoms with Gasteiger partial charge in [0.05, 0.1) is 18.5 Å². The van der Waals surface area contributed by atoms with E-state index in [9.17, 15) is 13.6 Å². The molecule has 1 aliphatic carbocycles. The Bertz CT molecular complexity index is 1150. The Balaban J connectivity index is 1.53. The molecule has 166 valence electrons. The minimum Gasteiger partial charge on any atom is -0.485 e. The number of hydrogen-bond acceptors (Lipinski definition) is 5. The average molecular weight is 438 g/mol. The molecular formula is C24H24F2N4O2. The van der Waals surface area contributed by atoms with Crippen LogP contribution in [0, 0.1) is 11.6 Å². The van der Waals surface area contributed by atoms with Crippen molar-refractivity contribution in [1.29, 1.82) is 0 Å². The van der Waals surface area contributed by atoms with Crippen molar-refractivity contribution in [2.45, 2.75) is 18.3 Å². The molecule has 1 N–H and O–H groups in total. The van der Waals surface area contributed by atoms with E-state index in [-0.39, 0.29) is 16.9 Å². The summed E-state index contributed by atoms with van der Waals surface area (Å²) in [7, 11) is 0. The van der Waals surface area contributed by atoms with Gasteiger partial charge in [-0.25, -0.2) is 8.78 Å². The summed E-state index contributed by atoms with van der Waals surface area (Å²) in [5.74, 6) is -1.39. The Labute approximate surface area is 184 Å². The lowest BCUT2D eigenvalue weighted by atomic mass is 9.97. The number of nitrogens with zero attached hydrogens (tertiary/aromatic N) is 3. The van der Waals surface area contributed by atoms with Crippen molar-refractivity contribution in [3.63, 3.8) is 0 Å². The molecule has 2 aliphatic rings. The van der Waals surface area contributed by atoms with Gasteiger partial charge in [-0.15, -0.1) is 0 Å². The first-order valence-electron chi connectivity index (χ1n) is 10.8.